The summed E-state index contributed by atoms with van der Waals surface area (Å²) in [6.45, 7) is 0. The average Bonchev–Trinajstić information content (AvgIpc) is 2.10. The molecule has 1 rings (SSSR count). The quantitative estimate of drug-likeness (QED) is 0.506. The Bertz CT molecular complexity index is 399. The van der Waals surface area contributed by atoms with Crippen molar-refractivity contribution in [2.45, 2.75) is 0 Å². The lowest BCUT2D eigenvalue weighted by Crippen LogP contribution is -2.06. The molecule has 1 atom stereocenters. The van der Waals surface area contributed by atoms with E-state index in [1.165, 1.54) is 0 Å². The molecule has 0 aromatic heterocycles. The van der Waals surface area contributed by atoms with Crippen LogP contribution in [-0.2, 0) is 11.4 Å². The first-order valence-electron chi connectivity index (χ1n) is 3.25. The van der Waals surface area contributed by atoms with Gasteiger partial charge in [0.2, 0.25) is 0 Å². The maximum Gasteiger partial charge on any atom is 0.357 e. The van der Waals surface area contributed by atoms with E-state index in [9.17, 15) is 13.0 Å². The number of nitrogen functional groups attached to an aromatic ring is 2. The Morgan fingerprint density at radius 3 is 2.43 bits per heavy atom. The maximum absolute atomic E-state index is 12.7. The number of benzene rings is 1. The first-order chi connectivity index (χ1) is 6.43. The topological polar surface area (TPSA) is 98.6 Å². The van der Waals surface area contributed by atoms with Crippen molar-refractivity contribution in [3.05, 3.63) is 17.7 Å². The predicted molar refractivity (Wildman–Crippen MR) is 46.6 cm³/mol. The molecule has 0 aliphatic heterocycles. The molecule has 1 aromatic rings. The summed E-state index contributed by atoms with van der Waals surface area (Å²) in [6, 6.07) is 0.537. The van der Waals surface area contributed by atoms with Crippen LogP contribution < -0.4 is 15.7 Å². The fourth-order valence-corrected chi connectivity index (χ4v) is 1.07. The number of halogens is 2. The molecule has 5 nitrogen and oxygen atoms in total. The number of anilines is 2. The molecule has 0 saturated carbocycles. The van der Waals surface area contributed by atoms with Gasteiger partial charge in [0.15, 0.2) is 17.4 Å². The lowest BCUT2D eigenvalue weighted by atomic mass is 10.2. The highest BCUT2D eigenvalue weighted by molar-refractivity contribution is 7.74. The van der Waals surface area contributed by atoms with Crippen LogP contribution in [0.1, 0.15) is 0 Å². The minimum atomic E-state index is -2.67. The van der Waals surface area contributed by atoms with Gasteiger partial charge >= 0.3 is 11.4 Å². The highest BCUT2D eigenvalue weighted by atomic mass is 32.2. The summed E-state index contributed by atoms with van der Waals surface area (Å²) in [6.07, 6.45) is 0. The Morgan fingerprint density at radius 2 is 1.93 bits per heavy atom. The second-order valence-corrected chi connectivity index (χ2v) is 2.90. The molecular formula is C6H6F2N2O3S. The molecule has 14 heavy (non-hydrogen) atoms. The van der Waals surface area contributed by atoms with E-state index in [2.05, 4.69) is 4.18 Å². The summed E-state index contributed by atoms with van der Waals surface area (Å²) in [5, 5.41) is 0. The monoisotopic (exact) mass is 224 g/mol. The molecular weight excluding hydrogens is 218 g/mol. The fourth-order valence-electron chi connectivity index (χ4n) is 0.782. The lowest BCUT2D eigenvalue weighted by molar-refractivity contribution is 0.452. The number of nitrogens with two attached hydrogens (primary N) is 2. The minimum Gasteiger partial charge on any atom is -0.394 e. The highest BCUT2D eigenvalue weighted by Gasteiger charge is 2.16. The Labute approximate surface area is 80.1 Å². The van der Waals surface area contributed by atoms with Crippen LogP contribution in [0.4, 0.5) is 20.2 Å². The van der Waals surface area contributed by atoms with Crippen molar-refractivity contribution in [1.29, 1.82) is 0 Å². The van der Waals surface area contributed by atoms with Gasteiger partial charge in [0.25, 0.3) is 0 Å². The third-order valence-corrected chi connectivity index (χ3v) is 1.74. The smallest absolute Gasteiger partial charge is 0.357 e. The molecule has 1 unspecified atom stereocenters. The van der Waals surface area contributed by atoms with Gasteiger partial charge in [-0.3, -0.25) is 4.55 Å². The molecule has 8 heteroatoms. The van der Waals surface area contributed by atoms with Gasteiger partial charge in [0, 0.05) is 6.07 Å². The second kappa shape index (κ2) is 3.76. The molecule has 0 aliphatic rings. The first kappa shape index (κ1) is 10.7. The molecule has 0 aliphatic carbocycles. The van der Waals surface area contributed by atoms with Crippen LogP contribution >= 0.6 is 0 Å². The molecule has 0 heterocycles. The van der Waals surface area contributed by atoms with Gasteiger partial charge in [-0.15, -0.1) is 0 Å². The van der Waals surface area contributed by atoms with Gasteiger partial charge < -0.3 is 15.7 Å². The van der Waals surface area contributed by atoms with Gasteiger partial charge in [-0.2, -0.15) is 4.21 Å². The standard InChI is InChI=1S/C6H6F2N2O3S/c7-2-1-3(13-14(11)12)5(9)6(10)4(2)8/h1H,9-10H2,(H,11,12). The van der Waals surface area contributed by atoms with Gasteiger partial charge in [-0.25, -0.2) is 8.78 Å². The molecule has 1 aromatic carbocycles. The average molecular weight is 224 g/mol. The molecule has 0 fully saturated rings. The van der Waals surface area contributed by atoms with Crippen LogP contribution in [0.15, 0.2) is 6.07 Å². The first-order valence-corrected chi connectivity index (χ1v) is 4.28. The van der Waals surface area contributed by atoms with Crippen molar-refractivity contribution in [1.82, 2.24) is 0 Å². The predicted octanol–water partition coefficient (Wildman–Crippen LogP) is 0.645. The maximum atomic E-state index is 12.7. The zero-order chi connectivity index (χ0) is 10.9. The zero-order valence-corrected chi connectivity index (χ0v) is 7.48. The number of hydrogen-bond acceptors (Lipinski definition) is 4. The largest absolute Gasteiger partial charge is 0.394 e. The Morgan fingerprint density at radius 1 is 1.36 bits per heavy atom. The van der Waals surface area contributed by atoms with Gasteiger partial charge in [-0.1, -0.05) is 0 Å². The SMILES string of the molecule is Nc1c(OS(=O)O)cc(F)c(F)c1N. The van der Waals surface area contributed by atoms with Crippen molar-refractivity contribution in [3.8, 4) is 5.75 Å². The number of hydrogen-bond donors (Lipinski definition) is 3. The van der Waals surface area contributed by atoms with Crippen LogP contribution in [0.2, 0.25) is 0 Å². The summed E-state index contributed by atoms with van der Waals surface area (Å²) >= 11 is -2.67. The molecule has 0 bridgehead atoms. The van der Waals surface area contributed by atoms with Crippen molar-refractivity contribution >= 4 is 22.7 Å². The van der Waals surface area contributed by atoms with Crippen molar-refractivity contribution in [2.75, 3.05) is 11.5 Å². The summed E-state index contributed by atoms with van der Waals surface area (Å²) in [5.74, 6) is -3.11. The van der Waals surface area contributed by atoms with Crippen LogP contribution in [0, 0.1) is 11.6 Å². The van der Waals surface area contributed by atoms with E-state index in [0.717, 1.165) is 0 Å². The van der Waals surface area contributed by atoms with E-state index in [1.54, 1.807) is 0 Å². The van der Waals surface area contributed by atoms with Crippen molar-refractivity contribution in [2.24, 2.45) is 0 Å². The highest BCUT2D eigenvalue weighted by Crippen LogP contribution is 2.32. The van der Waals surface area contributed by atoms with Crippen LogP contribution in [-0.4, -0.2) is 8.76 Å². The normalized spacial score (nSPS) is 12.5. The lowest BCUT2D eigenvalue weighted by Gasteiger charge is -2.07. The number of rotatable bonds is 2. The van der Waals surface area contributed by atoms with E-state index in [4.69, 9.17) is 16.0 Å². The van der Waals surface area contributed by atoms with E-state index in [-0.39, 0.29) is 0 Å². The summed E-state index contributed by atoms with van der Waals surface area (Å²) in [7, 11) is 0. The Balaban J connectivity index is 3.25. The fraction of sp³-hybridized carbons (Fsp3) is 0. The zero-order valence-electron chi connectivity index (χ0n) is 6.66. The van der Waals surface area contributed by atoms with Gasteiger partial charge in [-0.05, 0) is 0 Å². The van der Waals surface area contributed by atoms with Crippen LogP contribution in [0.3, 0.4) is 0 Å². The van der Waals surface area contributed by atoms with Crippen molar-refractivity contribution < 1.29 is 21.7 Å². The van der Waals surface area contributed by atoms with Gasteiger partial charge in [0.05, 0.1) is 5.69 Å². The second-order valence-electron chi connectivity index (χ2n) is 2.30. The summed E-state index contributed by atoms with van der Waals surface area (Å²) in [4.78, 5) is 0. The molecule has 78 valence electrons. The molecule has 0 radical (unpaired) electrons. The molecule has 0 amide bonds. The molecule has 5 N–H and O–H groups in total. The van der Waals surface area contributed by atoms with E-state index < -0.39 is 40.1 Å². The van der Waals surface area contributed by atoms with E-state index in [0.29, 0.717) is 6.07 Å². The Hall–Kier alpha value is -1.41. The molecule has 0 saturated heterocycles. The summed E-state index contributed by atoms with van der Waals surface area (Å²) in [5.41, 5.74) is 9.17. The van der Waals surface area contributed by atoms with Gasteiger partial charge in [0.1, 0.15) is 5.69 Å². The van der Waals surface area contributed by atoms with Crippen molar-refractivity contribution in [3.63, 3.8) is 0 Å². The minimum absolute atomic E-state index is 0.425. The molecule has 0 spiro atoms. The van der Waals surface area contributed by atoms with Crippen LogP contribution in [0.5, 0.6) is 5.75 Å². The summed E-state index contributed by atoms with van der Waals surface area (Å²) < 4.78 is 48.1. The van der Waals surface area contributed by atoms with E-state index >= 15 is 0 Å². The van der Waals surface area contributed by atoms with Crippen LogP contribution in [0.25, 0.3) is 0 Å². The third-order valence-electron chi connectivity index (χ3n) is 1.42. The third kappa shape index (κ3) is 1.91. The Kier molecular flexibility index (Phi) is 2.87. The van der Waals surface area contributed by atoms with E-state index in [1.807, 2.05) is 0 Å².